The van der Waals surface area contributed by atoms with E-state index >= 15 is 0 Å². The first kappa shape index (κ1) is 16.5. The van der Waals surface area contributed by atoms with Gasteiger partial charge < -0.3 is 4.74 Å². The van der Waals surface area contributed by atoms with Gasteiger partial charge in [-0.1, -0.05) is 42.4 Å². The van der Waals surface area contributed by atoms with Crippen molar-refractivity contribution in [3.8, 4) is 5.75 Å². The summed E-state index contributed by atoms with van der Waals surface area (Å²) in [5, 5.41) is 14.3. The van der Waals surface area contributed by atoms with E-state index in [1.165, 1.54) is 25.7 Å². The lowest BCUT2D eigenvalue weighted by atomic mass is 10.2. The lowest BCUT2D eigenvalue weighted by molar-refractivity contribution is 0.224. The lowest BCUT2D eigenvalue weighted by Crippen LogP contribution is -2.25. The number of nitrogens with zero attached hydrogens (tertiary/aromatic N) is 5. The Labute approximate surface area is 151 Å². The molecule has 0 radical (unpaired) electrons. The Hall–Kier alpha value is -1.99. The van der Waals surface area contributed by atoms with Crippen molar-refractivity contribution in [2.45, 2.75) is 45.3 Å². The molecule has 3 heterocycles. The Bertz CT molecular complexity index is 807. The van der Waals surface area contributed by atoms with E-state index in [2.05, 4.69) is 15.1 Å². The molecule has 0 amide bonds. The van der Waals surface area contributed by atoms with Gasteiger partial charge in [0.1, 0.15) is 11.9 Å². The lowest BCUT2D eigenvalue weighted by Gasteiger charge is -2.17. The smallest absolute Gasteiger partial charge is 0.234 e. The van der Waals surface area contributed by atoms with Gasteiger partial charge in [0.05, 0.1) is 6.54 Å². The minimum atomic E-state index is -0.111. The molecule has 3 aromatic rings. The largest absolute Gasteiger partial charge is 0.483 e. The van der Waals surface area contributed by atoms with Gasteiger partial charge in [0.2, 0.25) is 4.96 Å². The summed E-state index contributed by atoms with van der Waals surface area (Å²) in [6, 6.07) is 9.85. The zero-order valence-electron chi connectivity index (χ0n) is 14.5. The number of rotatable bonds is 5. The average Bonchev–Trinajstić information content (AvgIpc) is 3.10. The van der Waals surface area contributed by atoms with Crippen molar-refractivity contribution in [3.05, 3.63) is 41.2 Å². The van der Waals surface area contributed by atoms with Crippen LogP contribution >= 0.6 is 11.3 Å². The van der Waals surface area contributed by atoms with Crippen LogP contribution in [0.25, 0.3) is 4.96 Å². The number of para-hydroxylation sites is 1. The molecule has 0 aliphatic carbocycles. The second kappa shape index (κ2) is 7.49. The minimum absolute atomic E-state index is 0.111. The SMILES string of the molecule is C[C@H](Oc1ccccc1)c1nn2c(CN3CCCCCC3)nnc2s1. The molecule has 0 saturated carbocycles. The third-order valence-corrected chi connectivity index (χ3v) is 5.60. The highest BCUT2D eigenvalue weighted by Crippen LogP contribution is 2.25. The van der Waals surface area contributed by atoms with Crippen molar-refractivity contribution in [1.29, 1.82) is 0 Å². The summed E-state index contributed by atoms with van der Waals surface area (Å²) >= 11 is 1.55. The maximum atomic E-state index is 5.98. The number of benzene rings is 1. The van der Waals surface area contributed by atoms with Crippen LogP contribution in [0.15, 0.2) is 30.3 Å². The van der Waals surface area contributed by atoms with Crippen LogP contribution in [-0.2, 0) is 6.54 Å². The summed E-state index contributed by atoms with van der Waals surface area (Å²) in [5.41, 5.74) is 0. The third-order valence-electron chi connectivity index (χ3n) is 4.54. The van der Waals surface area contributed by atoms with Crippen LogP contribution in [0.3, 0.4) is 0 Å². The number of hydrogen-bond acceptors (Lipinski definition) is 6. The average molecular weight is 357 g/mol. The summed E-state index contributed by atoms with van der Waals surface area (Å²) in [6.07, 6.45) is 5.10. The maximum Gasteiger partial charge on any atom is 0.234 e. The highest BCUT2D eigenvalue weighted by molar-refractivity contribution is 7.16. The Morgan fingerprint density at radius 3 is 2.60 bits per heavy atom. The zero-order chi connectivity index (χ0) is 17.1. The van der Waals surface area contributed by atoms with E-state index in [1.807, 2.05) is 41.8 Å². The fraction of sp³-hybridized carbons (Fsp3) is 0.500. The topological polar surface area (TPSA) is 55.6 Å². The highest BCUT2D eigenvalue weighted by Gasteiger charge is 2.19. The first-order chi connectivity index (χ1) is 12.3. The molecule has 0 bridgehead atoms. The molecule has 7 heteroatoms. The van der Waals surface area contributed by atoms with Crippen molar-refractivity contribution in [2.24, 2.45) is 0 Å². The normalized spacial score (nSPS) is 17.5. The zero-order valence-corrected chi connectivity index (χ0v) is 15.3. The van der Waals surface area contributed by atoms with E-state index in [0.29, 0.717) is 0 Å². The quantitative estimate of drug-likeness (QED) is 0.697. The first-order valence-corrected chi connectivity index (χ1v) is 9.76. The molecule has 6 nitrogen and oxygen atoms in total. The molecule has 132 valence electrons. The molecule has 1 fully saturated rings. The molecule has 2 aromatic heterocycles. The van der Waals surface area contributed by atoms with Crippen LogP contribution in [0.5, 0.6) is 5.75 Å². The van der Waals surface area contributed by atoms with Crippen molar-refractivity contribution in [1.82, 2.24) is 24.7 Å². The molecule has 1 aliphatic heterocycles. The minimum Gasteiger partial charge on any atom is -0.483 e. The van der Waals surface area contributed by atoms with Crippen molar-refractivity contribution in [2.75, 3.05) is 13.1 Å². The number of likely N-dealkylation sites (tertiary alicyclic amines) is 1. The number of hydrogen-bond donors (Lipinski definition) is 0. The summed E-state index contributed by atoms with van der Waals surface area (Å²) in [5.74, 6) is 1.78. The second-order valence-corrected chi connectivity index (χ2v) is 7.50. The first-order valence-electron chi connectivity index (χ1n) is 8.95. The van der Waals surface area contributed by atoms with E-state index in [9.17, 15) is 0 Å². The van der Waals surface area contributed by atoms with E-state index in [1.54, 1.807) is 11.3 Å². The van der Waals surface area contributed by atoms with Crippen molar-refractivity contribution >= 4 is 16.3 Å². The molecule has 1 saturated heterocycles. The van der Waals surface area contributed by atoms with Crippen LogP contribution < -0.4 is 4.74 Å². The van der Waals surface area contributed by atoms with Crippen LogP contribution in [0, 0.1) is 0 Å². The van der Waals surface area contributed by atoms with Gasteiger partial charge >= 0.3 is 0 Å². The summed E-state index contributed by atoms with van der Waals surface area (Å²) in [7, 11) is 0. The van der Waals surface area contributed by atoms with Gasteiger partial charge in [-0.15, -0.1) is 10.2 Å². The maximum absolute atomic E-state index is 5.98. The van der Waals surface area contributed by atoms with Gasteiger partial charge in [0, 0.05) is 0 Å². The van der Waals surface area contributed by atoms with E-state index in [-0.39, 0.29) is 6.10 Å². The van der Waals surface area contributed by atoms with Gasteiger partial charge in [-0.3, -0.25) is 4.90 Å². The monoisotopic (exact) mass is 357 g/mol. The molecule has 25 heavy (non-hydrogen) atoms. The Morgan fingerprint density at radius 1 is 1.08 bits per heavy atom. The van der Waals surface area contributed by atoms with Crippen molar-refractivity contribution in [3.63, 3.8) is 0 Å². The third kappa shape index (κ3) is 3.82. The molecule has 4 rings (SSSR count). The predicted octanol–water partition coefficient (Wildman–Crippen LogP) is 3.70. The van der Waals surface area contributed by atoms with Gasteiger partial charge in [-0.2, -0.15) is 9.61 Å². The summed E-state index contributed by atoms with van der Waals surface area (Å²) < 4.78 is 7.87. The fourth-order valence-electron chi connectivity index (χ4n) is 3.18. The Morgan fingerprint density at radius 2 is 1.84 bits per heavy atom. The van der Waals surface area contributed by atoms with Gasteiger partial charge in [0.25, 0.3) is 0 Å². The molecule has 1 aromatic carbocycles. The molecular weight excluding hydrogens is 334 g/mol. The fourth-order valence-corrected chi connectivity index (χ4v) is 4.02. The molecule has 1 aliphatic rings. The number of aromatic nitrogens is 4. The predicted molar refractivity (Wildman–Crippen MR) is 97.9 cm³/mol. The van der Waals surface area contributed by atoms with E-state index in [0.717, 1.165) is 41.2 Å². The molecule has 0 N–H and O–H groups in total. The van der Waals surface area contributed by atoms with Crippen LogP contribution in [-0.4, -0.2) is 37.8 Å². The van der Waals surface area contributed by atoms with Gasteiger partial charge in [-0.05, 0) is 45.0 Å². The van der Waals surface area contributed by atoms with E-state index < -0.39 is 0 Å². The van der Waals surface area contributed by atoms with Crippen molar-refractivity contribution < 1.29 is 4.74 Å². The van der Waals surface area contributed by atoms with Crippen LogP contribution in [0.1, 0.15) is 49.5 Å². The van der Waals surface area contributed by atoms with Crippen LogP contribution in [0.2, 0.25) is 0 Å². The summed E-state index contributed by atoms with van der Waals surface area (Å²) in [6.45, 7) is 5.12. The molecule has 1 atom stereocenters. The summed E-state index contributed by atoms with van der Waals surface area (Å²) in [4.78, 5) is 3.30. The van der Waals surface area contributed by atoms with Crippen LogP contribution in [0.4, 0.5) is 0 Å². The van der Waals surface area contributed by atoms with Gasteiger partial charge in [-0.25, -0.2) is 0 Å². The Kier molecular flexibility index (Phi) is 4.94. The van der Waals surface area contributed by atoms with Gasteiger partial charge in [0.15, 0.2) is 10.8 Å². The second-order valence-electron chi connectivity index (χ2n) is 6.51. The van der Waals surface area contributed by atoms with E-state index in [4.69, 9.17) is 9.84 Å². The highest BCUT2D eigenvalue weighted by atomic mass is 32.1. The number of ether oxygens (including phenoxy) is 1. The standard InChI is InChI=1S/C18H23N5OS/c1-14(24-15-9-5-4-6-10-15)17-21-23-16(19-20-18(23)25-17)13-22-11-7-2-3-8-12-22/h4-6,9-10,14H,2-3,7-8,11-13H2,1H3/t14-/m0/s1. The molecule has 0 unspecified atom stereocenters. The molecular formula is C18H23N5OS. The molecule has 0 spiro atoms. The Balaban J connectivity index is 1.49. The number of fused-ring (bicyclic) bond motifs is 1.